The Hall–Kier alpha value is -2.36. The van der Waals surface area contributed by atoms with Crippen molar-refractivity contribution in [1.82, 2.24) is 9.97 Å². The summed E-state index contributed by atoms with van der Waals surface area (Å²) in [4.78, 5) is 9.46. The first-order chi connectivity index (χ1) is 14.1. The minimum atomic E-state index is 0. The Morgan fingerprint density at radius 1 is 1.07 bits per heavy atom. The van der Waals surface area contributed by atoms with Crippen LogP contribution in [0.5, 0.6) is 5.75 Å². The molecule has 2 aromatic rings. The first kappa shape index (κ1) is 21.4. The first-order valence-electron chi connectivity index (χ1n) is 11.0. The summed E-state index contributed by atoms with van der Waals surface area (Å²) in [7, 11) is 0. The topological polar surface area (TPSA) is 47.0 Å². The highest BCUT2D eigenvalue weighted by Crippen LogP contribution is 2.36. The fourth-order valence-corrected chi connectivity index (χ4v) is 3.65. The molecule has 0 bridgehead atoms. The molecule has 29 heavy (non-hydrogen) atoms. The predicted octanol–water partition coefficient (Wildman–Crippen LogP) is 6.79. The SMILES string of the molecule is CC.CC1CCC(Nc2ncc(-c3ccc(OC(C)C)cc3)c(C3=C[CH]3)n2)CC1.[HH]. The van der Waals surface area contributed by atoms with Crippen LogP contribution in [0.15, 0.2) is 36.5 Å². The van der Waals surface area contributed by atoms with Gasteiger partial charge in [-0.1, -0.05) is 39.0 Å². The third kappa shape index (κ3) is 5.81. The number of hydrogen-bond acceptors (Lipinski definition) is 4. The molecule has 0 unspecified atom stereocenters. The maximum absolute atomic E-state index is 5.75. The van der Waals surface area contributed by atoms with Gasteiger partial charge >= 0.3 is 0 Å². The molecule has 4 rings (SSSR count). The van der Waals surface area contributed by atoms with Crippen LogP contribution in [-0.4, -0.2) is 22.1 Å². The van der Waals surface area contributed by atoms with Crippen LogP contribution in [0.3, 0.4) is 0 Å². The third-order valence-corrected chi connectivity index (χ3v) is 5.28. The summed E-state index contributed by atoms with van der Waals surface area (Å²) >= 11 is 0. The normalized spacial score (nSPS) is 20.4. The van der Waals surface area contributed by atoms with Crippen LogP contribution < -0.4 is 10.1 Å². The lowest BCUT2D eigenvalue weighted by molar-refractivity contribution is 0.242. The number of aromatic nitrogens is 2. The van der Waals surface area contributed by atoms with E-state index in [1.807, 2.05) is 46.0 Å². The molecule has 1 fully saturated rings. The second kappa shape index (κ2) is 9.91. The summed E-state index contributed by atoms with van der Waals surface area (Å²) in [5.74, 6) is 2.48. The highest BCUT2D eigenvalue weighted by molar-refractivity contribution is 5.92. The van der Waals surface area contributed by atoms with Gasteiger partial charge in [0.25, 0.3) is 0 Å². The summed E-state index contributed by atoms with van der Waals surface area (Å²) in [6, 6.07) is 8.68. The van der Waals surface area contributed by atoms with Gasteiger partial charge in [-0.15, -0.1) is 0 Å². The maximum atomic E-state index is 5.75. The Balaban J connectivity index is 0.00000104. The molecule has 1 aromatic carbocycles. The lowest BCUT2D eigenvalue weighted by atomic mass is 9.87. The Morgan fingerprint density at radius 3 is 2.31 bits per heavy atom. The van der Waals surface area contributed by atoms with Crippen molar-refractivity contribution in [3.05, 3.63) is 48.7 Å². The fraction of sp³-hybridized carbons (Fsp3) is 0.480. The fourth-order valence-electron chi connectivity index (χ4n) is 3.65. The summed E-state index contributed by atoms with van der Waals surface area (Å²) in [5.41, 5.74) is 4.37. The molecule has 1 saturated carbocycles. The molecule has 2 aliphatic carbocycles. The number of nitrogens with zero attached hydrogens (tertiary/aromatic N) is 2. The molecule has 157 valence electrons. The van der Waals surface area contributed by atoms with Crippen molar-refractivity contribution in [3.63, 3.8) is 0 Å². The Kier molecular flexibility index (Phi) is 7.29. The molecular formula is C25H36N3O. The van der Waals surface area contributed by atoms with Gasteiger partial charge in [-0.3, -0.25) is 0 Å². The summed E-state index contributed by atoms with van der Waals surface area (Å²) in [5, 5.41) is 3.55. The zero-order valence-electron chi connectivity index (χ0n) is 18.4. The van der Waals surface area contributed by atoms with Gasteiger partial charge in [-0.2, -0.15) is 0 Å². The van der Waals surface area contributed by atoms with E-state index in [0.29, 0.717) is 6.04 Å². The van der Waals surface area contributed by atoms with E-state index in [0.717, 1.165) is 34.4 Å². The lowest BCUT2D eigenvalue weighted by Gasteiger charge is -2.27. The molecule has 0 saturated heterocycles. The van der Waals surface area contributed by atoms with E-state index < -0.39 is 0 Å². The molecule has 0 spiro atoms. The average molecular weight is 395 g/mol. The smallest absolute Gasteiger partial charge is 0.223 e. The molecule has 0 atom stereocenters. The van der Waals surface area contributed by atoms with Crippen molar-refractivity contribution in [2.75, 3.05) is 5.32 Å². The standard InChI is InChI=1S/C23H28N3O.C2H6.H2/c1-15(2)27-20-12-8-17(9-13-20)21-14-24-23(26-22(21)18-6-7-18)25-19-10-4-16(3)5-11-19;1-2;/h6-9,12-16,19H,4-5,10-11H2,1-3H3,(H,24,25,26);1-2H3;1H. The number of nitrogens with one attached hydrogen (secondary N) is 1. The van der Waals surface area contributed by atoms with Crippen molar-refractivity contribution in [2.24, 2.45) is 5.92 Å². The van der Waals surface area contributed by atoms with Crippen LogP contribution in [0.4, 0.5) is 5.95 Å². The van der Waals surface area contributed by atoms with Crippen molar-refractivity contribution in [2.45, 2.75) is 72.4 Å². The van der Waals surface area contributed by atoms with E-state index in [1.165, 1.54) is 31.3 Å². The van der Waals surface area contributed by atoms with Gasteiger partial charge in [0.15, 0.2) is 0 Å². The molecule has 0 amide bonds. The quantitative estimate of drug-likeness (QED) is 0.585. The molecule has 4 heteroatoms. The molecule has 2 aliphatic rings. The van der Waals surface area contributed by atoms with Gasteiger partial charge in [0, 0.05) is 25.6 Å². The number of hydrogen-bond donors (Lipinski definition) is 1. The zero-order valence-corrected chi connectivity index (χ0v) is 18.4. The minimum Gasteiger partial charge on any atom is -0.491 e. The molecule has 1 radical (unpaired) electrons. The van der Waals surface area contributed by atoms with E-state index in [4.69, 9.17) is 9.72 Å². The maximum Gasteiger partial charge on any atom is 0.223 e. The molecule has 1 aromatic heterocycles. The van der Waals surface area contributed by atoms with Crippen LogP contribution in [-0.2, 0) is 0 Å². The molecule has 1 heterocycles. The highest BCUT2D eigenvalue weighted by atomic mass is 16.5. The van der Waals surface area contributed by atoms with E-state index in [9.17, 15) is 0 Å². The van der Waals surface area contributed by atoms with E-state index in [2.05, 4.69) is 41.9 Å². The van der Waals surface area contributed by atoms with Gasteiger partial charge < -0.3 is 10.1 Å². The van der Waals surface area contributed by atoms with E-state index in [1.54, 1.807) is 0 Å². The second-order valence-electron chi connectivity index (χ2n) is 8.04. The van der Waals surface area contributed by atoms with Crippen molar-refractivity contribution in [1.29, 1.82) is 0 Å². The largest absolute Gasteiger partial charge is 0.491 e. The molecule has 0 aliphatic heterocycles. The Bertz CT molecular complexity index is 825. The van der Waals surface area contributed by atoms with E-state index in [-0.39, 0.29) is 7.53 Å². The zero-order chi connectivity index (χ0) is 20.8. The van der Waals surface area contributed by atoms with E-state index >= 15 is 0 Å². The monoisotopic (exact) mass is 394 g/mol. The van der Waals surface area contributed by atoms with Crippen LogP contribution in [0, 0.1) is 12.3 Å². The number of benzene rings is 1. The molecular weight excluding hydrogens is 358 g/mol. The summed E-state index contributed by atoms with van der Waals surface area (Å²) in [6.07, 6.45) is 11.3. The molecule has 1 N–H and O–H groups in total. The number of anilines is 1. The third-order valence-electron chi connectivity index (χ3n) is 5.28. The molecule has 4 nitrogen and oxygen atoms in total. The van der Waals surface area contributed by atoms with Crippen LogP contribution in [0.2, 0.25) is 0 Å². The summed E-state index contributed by atoms with van der Waals surface area (Å²) in [6.45, 7) is 10.4. The summed E-state index contributed by atoms with van der Waals surface area (Å²) < 4.78 is 5.75. The van der Waals surface area contributed by atoms with Gasteiger partial charge in [-0.25, -0.2) is 9.97 Å². The Labute approximate surface area is 177 Å². The first-order valence-corrected chi connectivity index (χ1v) is 11.0. The van der Waals surface area contributed by atoms with Crippen molar-refractivity contribution < 1.29 is 6.16 Å². The second-order valence-corrected chi connectivity index (χ2v) is 8.04. The number of allylic oxidation sites excluding steroid dienone is 2. The van der Waals surface area contributed by atoms with Gasteiger partial charge in [0.2, 0.25) is 5.95 Å². The van der Waals surface area contributed by atoms with Crippen LogP contribution in [0.1, 0.15) is 67.4 Å². The van der Waals surface area contributed by atoms with Gasteiger partial charge in [0.05, 0.1) is 11.8 Å². The predicted molar refractivity (Wildman–Crippen MR) is 124 cm³/mol. The van der Waals surface area contributed by atoms with Crippen LogP contribution >= 0.6 is 0 Å². The minimum absolute atomic E-state index is 0. The van der Waals surface area contributed by atoms with Gasteiger partial charge in [-0.05, 0) is 68.7 Å². The van der Waals surface area contributed by atoms with Crippen molar-refractivity contribution >= 4 is 11.5 Å². The van der Waals surface area contributed by atoms with Gasteiger partial charge in [0.1, 0.15) is 5.75 Å². The lowest BCUT2D eigenvalue weighted by Crippen LogP contribution is -2.26. The van der Waals surface area contributed by atoms with Crippen molar-refractivity contribution in [3.8, 4) is 16.9 Å². The Morgan fingerprint density at radius 2 is 1.72 bits per heavy atom. The number of ether oxygens (including phenoxy) is 1. The number of rotatable bonds is 6. The van der Waals surface area contributed by atoms with Crippen LogP contribution in [0.25, 0.3) is 16.7 Å². The average Bonchev–Trinajstić information content (AvgIpc) is 3.57. The highest BCUT2D eigenvalue weighted by Gasteiger charge is 2.22.